The summed E-state index contributed by atoms with van der Waals surface area (Å²) in [7, 11) is 0. The first-order valence-corrected chi connectivity index (χ1v) is 6.20. The molecule has 0 radical (unpaired) electrons. The average molecular weight is 255 g/mol. The minimum absolute atomic E-state index is 0.307. The van der Waals surface area contributed by atoms with Gasteiger partial charge in [0.05, 0.1) is 0 Å². The van der Waals surface area contributed by atoms with Gasteiger partial charge in [-0.3, -0.25) is 0 Å². The molecule has 2 rings (SSSR count). The molecule has 0 spiro atoms. The topological polar surface area (TPSA) is 42.2 Å². The molecule has 0 aliphatic rings. The van der Waals surface area contributed by atoms with Gasteiger partial charge >= 0.3 is 5.97 Å². The van der Waals surface area contributed by atoms with Crippen LogP contribution in [0.15, 0.2) is 49.1 Å². The number of carbonyl (C=O) groups is 1. The highest BCUT2D eigenvalue weighted by molar-refractivity contribution is 5.86. The number of carboxylic acids is 1. The van der Waals surface area contributed by atoms with Crippen LogP contribution in [0.1, 0.15) is 27.3 Å². The van der Waals surface area contributed by atoms with Crippen molar-refractivity contribution in [2.45, 2.75) is 19.9 Å². The number of allylic oxidation sites excluding steroid dienone is 1. The number of benzene rings is 1. The molecule has 2 aromatic rings. The lowest BCUT2D eigenvalue weighted by molar-refractivity contribution is 0.0685. The number of carboxylic acid groups (broad SMARTS) is 1. The Morgan fingerprint density at radius 2 is 1.95 bits per heavy atom. The summed E-state index contributed by atoms with van der Waals surface area (Å²) < 4.78 is 1.79. The quantitative estimate of drug-likeness (QED) is 0.833. The monoisotopic (exact) mass is 255 g/mol. The molecule has 0 aliphatic carbocycles. The third-order valence-corrected chi connectivity index (χ3v) is 3.11. The summed E-state index contributed by atoms with van der Waals surface area (Å²) in [6, 6.07) is 11.8. The van der Waals surface area contributed by atoms with Crippen LogP contribution in [0.3, 0.4) is 0 Å². The van der Waals surface area contributed by atoms with Crippen molar-refractivity contribution in [3.05, 3.63) is 71.6 Å². The molecule has 19 heavy (non-hydrogen) atoms. The fraction of sp³-hybridized carbons (Fsp3) is 0.188. The molecule has 3 nitrogen and oxygen atoms in total. The van der Waals surface area contributed by atoms with Crippen LogP contribution >= 0.6 is 0 Å². The molecule has 0 bridgehead atoms. The minimum atomic E-state index is -0.906. The average Bonchev–Trinajstić information content (AvgIpc) is 2.76. The number of hydrogen-bond donors (Lipinski definition) is 1. The summed E-state index contributed by atoms with van der Waals surface area (Å²) in [4.78, 5) is 11.2. The molecule has 0 aliphatic heterocycles. The van der Waals surface area contributed by atoms with Gasteiger partial charge in [0.15, 0.2) is 0 Å². The highest BCUT2D eigenvalue weighted by Gasteiger charge is 2.13. The second kappa shape index (κ2) is 5.57. The molecule has 1 aromatic carbocycles. The van der Waals surface area contributed by atoms with Crippen molar-refractivity contribution >= 4 is 5.97 Å². The lowest BCUT2D eigenvalue weighted by Gasteiger charge is -2.09. The van der Waals surface area contributed by atoms with Crippen molar-refractivity contribution in [2.24, 2.45) is 0 Å². The van der Waals surface area contributed by atoms with Crippen LogP contribution < -0.4 is 0 Å². The first-order valence-electron chi connectivity index (χ1n) is 6.20. The van der Waals surface area contributed by atoms with Gasteiger partial charge in [0.1, 0.15) is 5.69 Å². The second-order valence-electron chi connectivity index (χ2n) is 4.58. The van der Waals surface area contributed by atoms with Crippen molar-refractivity contribution in [3.63, 3.8) is 0 Å². The summed E-state index contributed by atoms with van der Waals surface area (Å²) in [5, 5.41) is 9.15. The van der Waals surface area contributed by atoms with Gasteiger partial charge in [-0.2, -0.15) is 0 Å². The lowest BCUT2D eigenvalue weighted by atomic mass is 10.1. The van der Waals surface area contributed by atoms with Crippen molar-refractivity contribution in [2.75, 3.05) is 0 Å². The molecule has 1 heterocycles. The highest BCUT2D eigenvalue weighted by atomic mass is 16.4. The van der Waals surface area contributed by atoms with E-state index < -0.39 is 5.97 Å². The molecular weight excluding hydrogens is 238 g/mol. The van der Waals surface area contributed by atoms with E-state index >= 15 is 0 Å². The summed E-state index contributed by atoms with van der Waals surface area (Å²) >= 11 is 0. The van der Waals surface area contributed by atoms with Gasteiger partial charge in [-0.25, -0.2) is 4.79 Å². The molecule has 3 heteroatoms. The van der Waals surface area contributed by atoms with Gasteiger partial charge in [0.2, 0.25) is 0 Å². The number of aromatic nitrogens is 1. The van der Waals surface area contributed by atoms with Gasteiger partial charge in [-0.1, -0.05) is 35.9 Å². The largest absolute Gasteiger partial charge is 0.477 e. The van der Waals surface area contributed by atoms with Crippen molar-refractivity contribution in [1.82, 2.24) is 4.57 Å². The first-order chi connectivity index (χ1) is 9.11. The maximum Gasteiger partial charge on any atom is 0.352 e. The van der Waals surface area contributed by atoms with Crippen LogP contribution in [-0.2, 0) is 13.0 Å². The predicted octanol–water partition coefficient (Wildman–Crippen LogP) is 3.27. The zero-order chi connectivity index (χ0) is 13.8. The van der Waals surface area contributed by atoms with E-state index in [-0.39, 0.29) is 0 Å². The normalized spacial score (nSPS) is 10.4. The maximum atomic E-state index is 11.2. The number of rotatable bonds is 5. The van der Waals surface area contributed by atoms with Gasteiger partial charge in [-0.15, -0.1) is 6.58 Å². The van der Waals surface area contributed by atoms with E-state index in [0.29, 0.717) is 12.2 Å². The molecule has 0 fully saturated rings. The Morgan fingerprint density at radius 3 is 2.53 bits per heavy atom. The molecule has 0 atom stereocenters. The summed E-state index contributed by atoms with van der Waals surface area (Å²) in [6.07, 6.45) is 2.44. The van der Waals surface area contributed by atoms with Gasteiger partial charge in [0.25, 0.3) is 0 Å². The van der Waals surface area contributed by atoms with Crippen LogP contribution in [0.25, 0.3) is 0 Å². The Morgan fingerprint density at radius 1 is 1.26 bits per heavy atom. The molecule has 0 saturated carbocycles. The molecule has 1 aromatic heterocycles. The standard InChI is InChI=1S/C16H17NO2/c1-3-10-17-14(8-9-15(17)16(18)19)11-13-6-4-12(2)5-7-13/h3-9H,1,10-11H2,2H3,(H,18,19). The van der Waals surface area contributed by atoms with Gasteiger partial charge in [-0.05, 0) is 24.6 Å². The number of hydrogen-bond acceptors (Lipinski definition) is 1. The molecule has 0 unspecified atom stereocenters. The zero-order valence-electron chi connectivity index (χ0n) is 11.0. The van der Waals surface area contributed by atoms with Crippen molar-refractivity contribution < 1.29 is 9.90 Å². The van der Waals surface area contributed by atoms with Crippen LogP contribution in [-0.4, -0.2) is 15.6 Å². The number of aromatic carboxylic acids is 1. The third-order valence-electron chi connectivity index (χ3n) is 3.11. The van der Waals surface area contributed by atoms with Crippen LogP contribution in [0, 0.1) is 6.92 Å². The Kier molecular flexibility index (Phi) is 3.85. The summed E-state index contributed by atoms with van der Waals surface area (Å²) in [5.41, 5.74) is 3.69. The lowest BCUT2D eigenvalue weighted by Crippen LogP contribution is -2.10. The number of nitrogens with zero attached hydrogens (tertiary/aromatic N) is 1. The van der Waals surface area contributed by atoms with E-state index in [1.165, 1.54) is 11.1 Å². The Labute approximate surface area is 112 Å². The van der Waals surface area contributed by atoms with Crippen LogP contribution in [0.2, 0.25) is 0 Å². The van der Waals surface area contributed by atoms with Crippen molar-refractivity contribution in [1.29, 1.82) is 0 Å². The fourth-order valence-corrected chi connectivity index (χ4v) is 2.11. The fourth-order valence-electron chi connectivity index (χ4n) is 2.11. The zero-order valence-corrected chi connectivity index (χ0v) is 11.0. The highest BCUT2D eigenvalue weighted by Crippen LogP contribution is 2.15. The third kappa shape index (κ3) is 2.94. The number of aryl methyl sites for hydroxylation is 1. The van der Waals surface area contributed by atoms with Crippen molar-refractivity contribution in [3.8, 4) is 0 Å². The van der Waals surface area contributed by atoms with E-state index in [2.05, 4.69) is 30.8 Å². The van der Waals surface area contributed by atoms with Gasteiger partial charge in [0, 0.05) is 18.7 Å². The summed E-state index contributed by atoms with van der Waals surface area (Å²) in [5.74, 6) is -0.906. The van der Waals surface area contributed by atoms with Crippen LogP contribution in [0.4, 0.5) is 0 Å². The Balaban J connectivity index is 2.31. The second-order valence-corrected chi connectivity index (χ2v) is 4.58. The minimum Gasteiger partial charge on any atom is -0.477 e. The van der Waals surface area contributed by atoms with E-state index in [0.717, 1.165) is 12.1 Å². The molecular formula is C16H17NO2. The molecule has 0 saturated heterocycles. The maximum absolute atomic E-state index is 11.2. The van der Waals surface area contributed by atoms with E-state index in [1.54, 1.807) is 16.7 Å². The SMILES string of the molecule is C=CCn1c(Cc2ccc(C)cc2)ccc1C(=O)O. The van der Waals surface area contributed by atoms with E-state index in [1.807, 2.05) is 13.0 Å². The molecule has 1 N–H and O–H groups in total. The Bertz CT molecular complexity index is 594. The van der Waals surface area contributed by atoms with E-state index in [4.69, 9.17) is 5.11 Å². The van der Waals surface area contributed by atoms with Gasteiger partial charge < -0.3 is 9.67 Å². The summed E-state index contributed by atoms with van der Waals surface area (Å²) in [6.45, 7) is 6.24. The first kappa shape index (κ1) is 13.1. The molecule has 0 amide bonds. The smallest absolute Gasteiger partial charge is 0.352 e. The van der Waals surface area contributed by atoms with Crippen LogP contribution in [0.5, 0.6) is 0 Å². The predicted molar refractivity (Wildman–Crippen MR) is 75.6 cm³/mol. The Hall–Kier alpha value is -2.29. The van der Waals surface area contributed by atoms with E-state index in [9.17, 15) is 4.79 Å². The molecule has 98 valence electrons.